The van der Waals surface area contributed by atoms with Crippen LogP contribution in [-0.4, -0.2) is 240 Å². The molecular formula is C60H80N11NaO18S2. The Labute approximate surface area is 561 Å². The van der Waals surface area contributed by atoms with E-state index in [-0.39, 0.29) is 47.2 Å². The number of hydrogen-bond donors (Lipinski definition) is 12. The van der Waals surface area contributed by atoms with Crippen molar-refractivity contribution in [2.24, 2.45) is 5.92 Å². The minimum absolute atomic E-state index is 0. The smallest absolute Gasteiger partial charge is 0.691 e. The summed E-state index contributed by atoms with van der Waals surface area (Å²) in [6.45, 7) is 14.7. The number of carbonyl (C=O) groups is 7. The SMILES string of the molecule is [C-]#[N+]C[C@@H](O)[C@@H]1NC(=O)C([C@H](O)Cc2ccc(O)c(S(=O)OO[O-])c2)NC(=O)C2CC(O)CN2C(=O)C(C(C)O)NC(=O)[C@@H](NC(=O)c2ccc(N3CCN(c4ccc(N5CCC(SCCC)CC5)cc4)CC3)cc2)C[C@H](O)CNC(=O)C2[C@@H](O)C(C)CN2C1=O.[Na+]. The van der Waals surface area contributed by atoms with Crippen LogP contribution in [0.4, 0.5) is 17.1 Å². The Bertz CT molecular complexity index is 3120. The van der Waals surface area contributed by atoms with Crippen LogP contribution in [0.5, 0.6) is 5.75 Å². The zero-order valence-corrected chi connectivity index (χ0v) is 55.2. The molecule has 3 aromatic carbocycles. The number of benzene rings is 3. The number of fused-ring (bicyclic) bond motifs is 2. The number of aromatic hydroxyl groups is 1. The summed E-state index contributed by atoms with van der Waals surface area (Å²) in [5.41, 5.74) is 3.22. The van der Waals surface area contributed by atoms with Gasteiger partial charge in [-0.1, -0.05) is 19.9 Å². The van der Waals surface area contributed by atoms with Gasteiger partial charge in [0.15, 0.2) is 6.10 Å². The van der Waals surface area contributed by atoms with Gasteiger partial charge in [0.05, 0.1) is 30.5 Å². The number of nitrogens with one attached hydrogen (secondary N) is 5. The van der Waals surface area contributed by atoms with Crippen LogP contribution in [-0.2, 0) is 55.6 Å². The first-order chi connectivity index (χ1) is 43.5. The third-order valence-electron chi connectivity index (χ3n) is 17.1. The number of rotatable bonds is 17. The van der Waals surface area contributed by atoms with Crippen LogP contribution in [0.3, 0.4) is 0 Å². The van der Waals surface area contributed by atoms with Gasteiger partial charge in [0, 0.05) is 112 Å². The summed E-state index contributed by atoms with van der Waals surface area (Å²) in [5, 5.41) is 105. The van der Waals surface area contributed by atoms with Gasteiger partial charge in [-0.25, -0.2) is 10.8 Å². The van der Waals surface area contributed by atoms with Crippen LogP contribution in [0.15, 0.2) is 71.6 Å². The molecule has 5 fully saturated rings. The molecule has 0 aliphatic carbocycles. The van der Waals surface area contributed by atoms with E-state index < -0.39 is 181 Å². The van der Waals surface area contributed by atoms with Gasteiger partial charge >= 0.3 is 29.6 Å². The fraction of sp³-hybridized carbons (Fsp3) is 0.567. The average molecular weight is 1330 g/mol. The van der Waals surface area contributed by atoms with E-state index in [0.29, 0.717) is 18.3 Å². The molecule has 32 heteroatoms. The first kappa shape index (κ1) is 73.2. The Morgan fingerprint density at radius 1 is 0.761 bits per heavy atom. The summed E-state index contributed by atoms with van der Waals surface area (Å²) in [4.78, 5) is 112. The Morgan fingerprint density at radius 2 is 1.34 bits per heavy atom. The van der Waals surface area contributed by atoms with Gasteiger partial charge in [-0.2, -0.15) is 11.8 Å². The second-order valence-electron chi connectivity index (χ2n) is 23.6. The molecule has 0 saturated carbocycles. The van der Waals surface area contributed by atoms with Crippen molar-refractivity contribution in [1.82, 2.24) is 36.4 Å². The molecule has 3 aromatic rings. The number of hydrogen-bond acceptors (Lipinski definition) is 22. The molecule has 0 aromatic heterocycles. The number of piperazine rings is 1. The van der Waals surface area contributed by atoms with E-state index in [0.717, 1.165) is 66.4 Å². The summed E-state index contributed by atoms with van der Waals surface area (Å²) in [6, 6.07) is 6.95. The molecule has 5 heterocycles. The van der Waals surface area contributed by atoms with E-state index in [1.807, 2.05) is 0 Å². The average Bonchev–Trinajstić information content (AvgIpc) is 1.65. The first-order valence-electron chi connectivity index (χ1n) is 30.3. The zero-order chi connectivity index (χ0) is 65.8. The normalized spacial score (nSPS) is 27.2. The third kappa shape index (κ3) is 18.2. The number of aliphatic hydroxyl groups excluding tert-OH is 6. The van der Waals surface area contributed by atoms with E-state index in [1.54, 1.807) is 24.3 Å². The van der Waals surface area contributed by atoms with Crippen molar-refractivity contribution in [3.8, 4) is 5.75 Å². The van der Waals surface area contributed by atoms with Crippen molar-refractivity contribution in [3.63, 3.8) is 0 Å². The van der Waals surface area contributed by atoms with Crippen molar-refractivity contribution in [2.45, 2.75) is 142 Å². The van der Waals surface area contributed by atoms with E-state index in [1.165, 1.54) is 43.7 Å². The van der Waals surface area contributed by atoms with Crippen molar-refractivity contribution >= 4 is 81.3 Å². The van der Waals surface area contributed by atoms with Crippen LogP contribution >= 0.6 is 11.8 Å². The van der Waals surface area contributed by atoms with E-state index in [2.05, 4.69) is 98.5 Å². The van der Waals surface area contributed by atoms with Crippen molar-refractivity contribution in [3.05, 3.63) is 89.3 Å². The summed E-state index contributed by atoms with van der Waals surface area (Å²) in [7, 11) is 0. The molecule has 12 N–H and O–H groups in total. The minimum Gasteiger partial charge on any atom is -0.691 e. The number of β-amino-alcohol motifs (C(OH)–C–C–N with tert-alkyl or cyclic N) is 1. The molecule has 0 bridgehead atoms. The van der Waals surface area contributed by atoms with Crippen LogP contribution in [0.25, 0.3) is 4.85 Å². The maximum Gasteiger partial charge on any atom is 1.00 e. The van der Waals surface area contributed by atoms with Crippen LogP contribution < -0.4 is 76.1 Å². The van der Waals surface area contributed by atoms with Crippen LogP contribution in [0.1, 0.15) is 68.8 Å². The maximum absolute atomic E-state index is 14.6. The Morgan fingerprint density at radius 3 is 1.92 bits per heavy atom. The fourth-order valence-corrected chi connectivity index (χ4v) is 13.8. The summed E-state index contributed by atoms with van der Waals surface area (Å²) in [5.74, 6) is -8.34. The summed E-state index contributed by atoms with van der Waals surface area (Å²) in [6.07, 6.45) is -8.95. The zero-order valence-electron chi connectivity index (χ0n) is 51.6. The summed E-state index contributed by atoms with van der Waals surface area (Å²) < 4.78 is 16.6. The van der Waals surface area contributed by atoms with Gasteiger partial charge in [0.25, 0.3) is 5.91 Å². The number of piperidine rings is 1. The largest absolute Gasteiger partial charge is 1.00 e. The molecule has 0 spiro atoms. The molecule has 496 valence electrons. The van der Waals surface area contributed by atoms with Crippen molar-refractivity contribution < 1.29 is 118 Å². The molecule has 0 radical (unpaired) electrons. The van der Waals surface area contributed by atoms with Gasteiger partial charge in [-0.05, 0) is 98.2 Å². The quantitative estimate of drug-likeness (QED) is 0.0259. The molecule has 5 aliphatic heterocycles. The monoisotopic (exact) mass is 1330 g/mol. The molecule has 14 atom stereocenters. The molecule has 8 unspecified atom stereocenters. The van der Waals surface area contributed by atoms with Crippen LogP contribution in [0, 0.1) is 12.5 Å². The Hall–Kier alpha value is -6.22. The second kappa shape index (κ2) is 33.8. The standard InChI is InChI=1S/C60H81N11O18S2.Na/c1-5-24-90-42-16-18-67(19-17-42)38-11-13-39(14-12-38)69-22-20-68(21-23-69)37-9-7-36(8-10-37)54(79)63-43-27-40(73)29-62-58(83)52-53(78)33(2)31-71(52)60(85)51(47(77)30-61-4)66-57(82)50(46(76)25-35-6-15-45(75)48(26-35)91(87)89-88-86)65-56(81)44-28-41(74)32-70(44)59(84)49(34(3)72)64-55(43)80;/h6-15,26,33-34,40-44,46-47,49-53,72-78,86H,5,16-25,27-32H2,1-3H3,(H,62,83)(H,63,79)(H,64,80)(H,65,81)(H,66,82);/q;+1/p-1/t33?,34?,40-,41?,43-,44?,46+,47+,49?,50?,51-,52?,53-,91?;/m0./s1. The van der Waals surface area contributed by atoms with Crippen molar-refractivity contribution in [2.75, 3.05) is 85.9 Å². The van der Waals surface area contributed by atoms with Gasteiger partial charge in [0.1, 0.15) is 46.9 Å². The van der Waals surface area contributed by atoms with Gasteiger partial charge in [0.2, 0.25) is 53.1 Å². The number of amides is 7. The van der Waals surface area contributed by atoms with Gasteiger partial charge in [-0.15, -0.1) is 4.33 Å². The van der Waals surface area contributed by atoms with E-state index in [4.69, 9.17) is 6.57 Å². The molecule has 92 heavy (non-hydrogen) atoms. The number of aliphatic hydroxyl groups is 6. The Kier molecular flexibility index (Phi) is 26.9. The predicted molar refractivity (Wildman–Crippen MR) is 328 cm³/mol. The predicted octanol–water partition coefficient (Wildman–Crippen LogP) is -6.05. The van der Waals surface area contributed by atoms with E-state index >= 15 is 0 Å². The van der Waals surface area contributed by atoms with E-state index in [9.17, 15) is 78.8 Å². The first-order valence-corrected chi connectivity index (χ1v) is 32.4. The molecule has 7 amide bonds. The topological polar surface area (TPSA) is 400 Å². The van der Waals surface area contributed by atoms with Crippen molar-refractivity contribution in [1.29, 1.82) is 0 Å². The van der Waals surface area contributed by atoms with Gasteiger partial charge < -0.3 is 96.9 Å². The third-order valence-corrected chi connectivity index (χ3v) is 19.6. The molecule has 8 rings (SSSR count). The number of nitrogens with zero attached hydrogens (tertiary/aromatic N) is 6. The molecular weight excluding hydrogens is 1250 g/mol. The van der Waals surface area contributed by atoms with Gasteiger partial charge in [-0.3, -0.25) is 38.6 Å². The second-order valence-corrected chi connectivity index (χ2v) is 26.1. The molecule has 5 saturated heterocycles. The minimum atomic E-state index is -2.72. The maximum atomic E-state index is 14.6. The summed E-state index contributed by atoms with van der Waals surface area (Å²) >= 11 is -0.648. The Balaban J connectivity index is 0.0000120. The number of phenols is 1. The number of carbonyl (C=O) groups excluding carboxylic acids is 7. The number of anilines is 3. The number of phenolic OH excluding ortho intramolecular Hbond substituents is 1. The number of thioether (sulfide) groups is 1. The molecule has 29 nitrogen and oxygen atoms in total. The van der Waals surface area contributed by atoms with Crippen LogP contribution in [0.2, 0.25) is 0 Å². The molecule has 5 aliphatic rings. The fourth-order valence-electron chi connectivity index (χ4n) is 12.1.